The third kappa shape index (κ3) is 3.10. The summed E-state index contributed by atoms with van der Waals surface area (Å²) in [5, 5.41) is 2.95. The van der Waals surface area contributed by atoms with Crippen LogP contribution in [-0.4, -0.2) is 7.05 Å². The molecule has 0 spiro atoms. The molecule has 0 fully saturated rings. The molecule has 0 aromatic heterocycles. The van der Waals surface area contributed by atoms with Gasteiger partial charge in [0.25, 0.3) is 0 Å². The van der Waals surface area contributed by atoms with E-state index in [9.17, 15) is 0 Å². The molecule has 1 aromatic rings. The average molecular weight is 192 g/mol. The molecule has 0 bridgehead atoms. The molecule has 0 aliphatic heterocycles. The Morgan fingerprint density at radius 2 is 1.82 bits per heavy atom. The molecule has 3 heteroatoms. The van der Waals surface area contributed by atoms with Gasteiger partial charge >= 0.3 is 0 Å². The van der Waals surface area contributed by atoms with E-state index in [0.717, 1.165) is 5.56 Å². The Kier molecular flexibility index (Phi) is 5.30. The fourth-order valence-electron chi connectivity index (χ4n) is 0.789. The van der Waals surface area contributed by atoms with Crippen molar-refractivity contribution in [3.05, 3.63) is 35.9 Å². The SMILES string of the molecule is CNC(Cl)c1ccccc1.Cl. The number of hydrogen-bond acceptors (Lipinski definition) is 1. The minimum Gasteiger partial charge on any atom is -0.301 e. The third-order valence-electron chi connectivity index (χ3n) is 1.35. The molecular formula is C8H11Cl2N. The standard InChI is InChI=1S/C8H10ClN.ClH/c1-10-8(9)7-5-3-2-4-6-7;/h2-6,8,10H,1H3;1H. The van der Waals surface area contributed by atoms with Gasteiger partial charge in [0, 0.05) is 0 Å². The molecule has 1 rings (SSSR count). The van der Waals surface area contributed by atoms with Crippen LogP contribution in [-0.2, 0) is 0 Å². The molecule has 62 valence electrons. The van der Waals surface area contributed by atoms with Crippen molar-refractivity contribution in [3.8, 4) is 0 Å². The average Bonchev–Trinajstić information content (AvgIpc) is 2.05. The Hall–Kier alpha value is -0.240. The van der Waals surface area contributed by atoms with Gasteiger partial charge < -0.3 is 5.32 Å². The number of nitrogens with one attached hydrogen (secondary N) is 1. The second-order valence-electron chi connectivity index (χ2n) is 2.06. The summed E-state index contributed by atoms with van der Waals surface area (Å²) in [5.74, 6) is 0. The fourth-order valence-corrected chi connectivity index (χ4v) is 0.934. The van der Waals surface area contributed by atoms with Gasteiger partial charge in [-0.1, -0.05) is 30.3 Å². The summed E-state index contributed by atoms with van der Waals surface area (Å²) in [4.78, 5) is 0. The smallest absolute Gasteiger partial charge is 0.108 e. The molecule has 1 aromatic carbocycles. The minimum absolute atomic E-state index is 0. The molecular weight excluding hydrogens is 181 g/mol. The highest BCUT2D eigenvalue weighted by atomic mass is 35.5. The van der Waals surface area contributed by atoms with Gasteiger partial charge in [-0.2, -0.15) is 0 Å². The Bertz CT molecular complexity index is 189. The summed E-state index contributed by atoms with van der Waals surface area (Å²) in [5.41, 5.74) is 1.04. The van der Waals surface area contributed by atoms with E-state index in [1.807, 2.05) is 37.4 Å². The Labute approximate surface area is 78.2 Å². The van der Waals surface area contributed by atoms with Gasteiger partial charge in [0.15, 0.2) is 0 Å². The maximum absolute atomic E-state index is 5.88. The predicted octanol–water partition coefficient (Wildman–Crippen LogP) is 2.57. The molecule has 0 heterocycles. The number of halogens is 2. The van der Waals surface area contributed by atoms with Crippen LogP contribution in [0, 0.1) is 0 Å². The summed E-state index contributed by atoms with van der Waals surface area (Å²) in [7, 11) is 1.84. The summed E-state index contributed by atoms with van der Waals surface area (Å²) in [6, 6.07) is 9.91. The highest BCUT2D eigenvalue weighted by molar-refractivity contribution is 6.20. The number of rotatable bonds is 2. The van der Waals surface area contributed by atoms with E-state index in [0.29, 0.717) is 0 Å². The van der Waals surface area contributed by atoms with Crippen LogP contribution in [0.1, 0.15) is 11.1 Å². The lowest BCUT2D eigenvalue weighted by Gasteiger charge is -2.06. The summed E-state index contributed by atoms with van der Waals surface area (Å²) >= 11 is 5.88. The van der Waals surface area contributed by atoms with E-state index in [1.165, 1.54) is 0 Å². The van der Waals surface area contributed by atoms with Crippen LogP contribution in [0.5, 0.6) is 0 Å². The van der Waals surface area contributed by atoms with Gasteiger partial charge in [0.1, 0.15) is 5.50 Å². The van der Waals surface area contributed by atoms with Crippen molar-refractivity contribution in [3.63, 3.8) is 0 Å². The minimum atomic E-state index is -0.0683. The van der Waals surface area contributed by atoms with E-state index in [1.54, 1.807) is 0 Å². The molecule has 1 nitrogen and oxygen atoms in total. The Balaban J connectivity index is 0.000001000. The van der Waals surface area contributed by atoms with Crippen LogP contribution in [0.4, 0.5) is 0 Å². The van der Waals surface area contributed by atoms with E-state index >= 15 is 0 Å². The second kappa shape index (κ2) is 5.42. The van der Waals surface area contributed by atoms with Crippen molar-refractivity contribution in [2.45, 2.75) is 5.50 Å². The zero-order chi connectivity index (χ0) is 7.40. The van der Waals surface area contributed by atoms with Crippen LogP contribution < -0.4 is 5.32 Å². The molecule has 0 radical (unpaired) electrons. The summed E-state index contributed by atoms with van der Waals surface area (Å²) in [6.07, 6.45) is 0. The van der Waals surface area contributed by atoms with Crippen LogP contribution in [0.3, 0.4) is 0 Å². The molecule has 0 amide bonds. The van der Waals surface area contributed by atoms with Gasteiger partial charge in [-0.05, 0) is 12.6 Å². The largest absolute Gasteiger partial charge is 0.301 e. The van der Waals surface area contributed by atoms with E-state index in [4.69, 9.17) is 11.6 Å². The summed E-state index contributed by atoms with van der Waals surface area (Å²) < 4.78 is 0. The van der Waals surface area contributed by atoms with Crippen LogP contribution in [0.15, 0.2) is 30.3 Å². The number of alkyl halides is 1. The molecule has 11 heavy (non-hydrogen) atoms. The number of hydrogen-bond donors (Lipinski definition) is 1. The second-order valence-corrected chi connectivity index (χ2v) is 2.50. The Morgan fingerprint density at radius 1 is 1.27 bits per heavy atom. The van der Waals surface area contributed by atoms with Crippen LogP contribution in [0.25, 0.3) is 0 Å². The first-order valence-electron chi connectivity index (χ1n) is 3.21. The lowest BCUT2D eigenvalue weighted by atomic mass is 10.2. The van der Waals surface area contributed by atoms with E-state index < -0.39 is 0 Å². The molecule has 0 saturated carbocycles. The molecule has 0 aliphatic carbocycles. The van der Waals surface area contributed by atoms with Gasteiger partial charge in [0.2, 0.25) is 0 Å². The van der Waals surface area contributed by atoms with Gasteiger partial charge in [-0.3, -0.25) is 0 Å². The lowest BCUT2D eigenvalue weighted by Crippen LogP contribution is -2.09. The monoisotopic (exact) mass is 191 g/mol. The van der Waals surface area contributed by atoms with Gasteiger partial charge in [-0.15, -0.1) is 24.0 Å². The van der Waals surface area contributed by atoms with Crippen LogP contribution in [0.2, 0.25) is 0 Å². The first-order chi connectivity index (χ1) is 4.84. The molecule has 1 atom stereocenters. The molecule has 1 N–H and O–H groups in total. The van der Waals surface area contributed by atoms with Crippen molar-refractivity contribution in [2.24, 2.45) is 0 Å². The predicted molar refractivity (Wildman–Crippen MR) is 51.3 cm³/mol. The van der Waals surface area contributed by atoms with Crippen molar-refractivity contribution in [1.82, 2.24) is 5.32 Å². The first-order valence-corrected chi connectivity index (χ1v) is 3.64. The molecule has 0 saturated heterocycles. The quantitative estimate of drug-likeness (QED) is 0.560. The normalized spacial score (nSPS) is 11.8. The highest BCUT2D eigenvalue weighted by Crippen LogP contribution is 2.14. The topological polar surface area (TPSA) is 12.0 Å². The van der Waals surface area contributed by atoms with Crippen molar-refractivity contribution >= 4 is 24.0 Å². The molecule has 1 unspecified atom stereocenters. The molecule has 0 aliphatic rings. The van der Waals surface area contributed by atoms with Gasteiger partial charge in [0.05, 0.1) is 0 Å². The van der Waals surface area contributed by atoms with Crippen LogP contribution >= 0.6 is 24.0 Å². The first kappa shape index (κ1) is 10.8. The van der Waals surface area contributed by atoms with E-state index in [-0.39, 0.29) is 17.9 Å². The van der Waals surface area contributed by atoms with Crippen molar-refractivity contribution in [1.29, 1.82) is 0 Å². The summed E-state index contributed by atoms with van der Waals surface area (Å²) in [6.45, 7) is 0. The fraction of sp³-hybridized carbons (Fsp3) is 0.250. The maximum atomic E-state index is 5.88. The van der Waals surface area contributed by atoms with Gasteiger partial charge in [-0.25, -0.2) is 0 Å². The van der Waals surface area contributed by atoms with Crippen molar-refractivity contribution in [2.75, 3.05) is 7.05 Å². The zero-order valence-corrected chi connectivity index (χ0v) is 7.82. The van der Waals surface area contributed by atoms with Crippen molar-refractivity contribution < 1.29 is 0 Å². The van der Waals surface area contributed by atoms with E-state index in [2.05, 4.69) is 5.32 Å². The maximum Gasteiger partial charge on any atom is 0.108 e. The Morgan fingerprint density at radius 3 is 2.27 bits per heavy atom. The highest BCUT2D eigenvalue weighted by Gasteiger charge is 2.00. The lowest BCUT2D eigenvalue weighted by molar-refractivity contribution is 0.784. The number of benzene rings is 1. The zero-order valence-electron chi connectivity index (χ0n) is 6.25. The third-order valence-corrected chi connectivity index (χ3v) is 1.82.